The number of aromatic amines is 1. The van der Waals surface area contributed by atoms with Crippen molar-refractivity contribution in [1.82, 2.24) is 9.29 Å². The van der Waals surface area contributed by atoms with Crippen LogP contribution < -0.4 is 5.76 Å². The molecule has 3 heterocycles. The van der Waals surface area contributed by atoms with Crippen molar-refractivity contribution in [2.45, 2.75) is 29.9 Å². The van der Waals surface area contributed by atoms with E-state index in [1.54, 1.807) is 0 Å². The molecule has 2 fully saturated rings. The highest BCUT2D eigenvalue weighted by molar-refractivity contribution is 7.89. The third-order valence-corrected chi connectivity index (χ3v) is 6.43. The van der Waals surface area contributed by atoms with Gasteiger partial charge in [0.2, 0.25) is 10.0 Å². The highest BCUT2D eigenvalue weighted by Crippen LogP contribution is 2.33. The number of H-pyrrole nitrogens is 1. The van der Waals surface area contributed by atoms with Crippen LogP contribution in [0.3, 0.4) is 0 Å². The summed E-state index contributed by atoms with van der Waals surface area (Å²) in [6.07, 6.45) is 1.88. The van der Waals surface area contributed by atoms with Crippen LogP contribution in [0.5, 0.6) is 0 Å². The molecule has 0 amide bonds. The predicted molar refractivity (Wildman–Crippen MR) is 84.1 cm³/mol. The van der Waals surface area contributed by atoms with Crippen molar-refractivity contribution in [3.05, 3.63) is 28.7 Å². The van der Waals surface area contributed by atoms with Gasteiger partial charge < -0.3 is 13.9 Å². The third kappa shape index (κ3) is 2.67. The Bertz CT molecular complexity index is 899. The SMILES string of the molecule is O=c1[nH]c2ccc(S(=O)(=O)N3CCC4(CC3)OCCCO4)cc2o1. The molecule has 0 unspecified atom stereocenters. The summed E-state index contributed by atoms with van der Waals surface area (Å²) >= 11 is 0. The molecule has 0 saturated carbocycles. The van der Waals surface area contributed by atoms with Crippen molar-refractivity contribution in [3.8, 4) is 0 Å². The summed E-state index contributed by atoms with van der Waals surface area (Å²) in [6, 6.07) is 4.38. The van der Waals surface area contributed by atoms with E-state index in [2.05, 4.69) is 4.98 Å². The quantitative estimate of drug-likeness (QED) is 0.864. The van der Waals surface area contributed by atoms with Crippen LogP contribution in [0.25, 0.3) is 11.1 Å². The Kier molecular flexibility index (Phi) is 3.75. The number of piperidine rings is 1. The van der Waals surface area contributed by atoms with Crippen LogP contribution in [0, 0.1) is 0 Å². The average molecular weight is 354 g/mol. The summed E-state index contributed by atoms with van der Waals surface area (Å²) in [5, 5.41) is 0. The summed E-state index contributed by atoms with van der Waals surface area (Å²) < 4.78 is 43.5. The van der Waals surface area contributed by atoms with Crippen LogP contribution in [0.4, 0.5) is 0 Å². The van der Waals surface area contributed by atoms with Crippen molar-refractivity contribution in [3.63, 3.8) is 0 Å². The van der Waals surface area contributed by atoms with E-state index in [0.29, 0.717) is 44.7 Å². The summed E-state index contributed by atoms with van der Waals surface area (Å²) in [7, 11) is -3.65. The van der Waals surface area contributed by atoms with Gasteiger partial charge in [-0.2, -0.15) is 4.31 Å². The van der Waals surface area contributed by atoms with E-state index >= 15 is 0 Å². The maximum Gasteiger partial charge on any atom is 0.417 e. The fourth-order valence-corrected chi connectivity index (χ4v) is 4.67. The number of oxazole rings is 1. The van der Waals surface area contributed by atoms with Gasteiger partial charge >= 0.3 is 5.76 Å². The molecule has 2 saturated heterocycles. The Morgan fingerprint density at radius 1 is 1.12 bits per heavy atom. The molecular formula is C15H18N2O6S. The molecule has 24 heavy (non-hydrogen) atoms. The van der Waals surface area contributed by atoms with Crippen LogP contribution in [-0.4, -0.2) is 49.8 Å². The minimum atomic E-state index is -3.65. The van der Waals surface area contributed by atoms with Gasteiger partial charge in [0.1, 0.15) is 0 Å². The zero-order chi connectivity index (χ0) is 16.8. The van der Waals surface area contributed by atoms with E-state index in [1.807, 2.05) is 0 Å². The molecule has 9 heteroatoms. The molecule has 0 aliphatic carbocycles. The van der Waals surface area contributed by atoms with Gasteiger partial charge in [-0.3, -0.25) is 4.98 Å². The fourth-order valence-electron chi connectivity index (χ4n) is 3.21. The Hall–Kier alpha value is -1.68. The lowest BCUT2D eigenvalue weighted by Gasteiger charge is -2.42. The first kappa shape index (κ1) is 15.8. The molecular weight excluding hydrogens is 336 g/mol. The van der Waals surface area contributed by atoms with E-state index in [-0.39, 0.29) is 10.5 Å². The fraction of sp³-hybridized carbons (Fsp3) is 0.533. The van der Waals surface area contributed by atoms with Gasteiger partial charge in [0.05, 0.1) is 23.6 Å². The molecule has 1 spiro atoms. The molecule has 8 nitrogen and oxygen atoms in total. The number of fused-ring (bicyclic) bond motifs is 1. The van der Waals surface area contributed by atoms with Gasteiger partial charge in [-0.1, -0.05) is 0 Å². The minimum absolute atomic E-state index is 0.110. The molecule has 2 aromatic rings. The van der Waals surface area contributed by atoms with E-state index < -0.39 is 21.6 Å². The topological polar surface area (TPSA) is 102 Å². The largest absolute Gasteiger partial charge is 0.417 e. The van der Waals surface area contributed by atoms with Crippen LogP contribution in [-0.2, 0) is 19.5 Å². The first-order valence-corrected chi connectivity index (χ1v) is 9.34. The summed E-state index contributed by atoms with van der Waals surface area (Å²) in [5.41, 5.74) is 0.703. The number of aromatic nitrogens is 1. The molecule has 1 aromatic heterocycles. The Balaban J connectivity index is 1.57. The predicted octanol–water partition coefficient (Wildman–Crippen LogP) is 1.04. The van der Waals surface area contributed by atoms with E-state index in [9.17, 15) is 13.2 Å². The van der Waals surface area contributed by atoms with E-state index in [1.165, 1.54) is 22.5 Å². The number of sulfonamides is 1. The Labute approximate surface area is 138 Å². The van der Waals surface area contributed by atoms with Crippen molar-refractivity contribution in [2.75, 3.05) is 26.3 Å². The lowest BCUT2D eigenvalue weighted by Crippen LogP contribution is -2.51. The van der Waals surface area contributed by atoms with Gasteiger partial charge in [-0.25, -0.2) is 13.2 Å². The van der Waals surface area contributed by atoms with E-state index in [4.69, 9.17) is 13.9 Å². The van der Waals surface area contributed by atoms with Gasteiger partial charge in [0, 0.05) is 32.0 Å². The van der Waals surface area contributed by atoms with Gasteiger partial charge in [-0.15, -0.1) is 0 Å². The molecule has 0 bridgehead atoms. The minimum Gasteiger partial charge on any atom is -0.408 e. The van der Waals surface area contributed by atoms with Crippen molar-refractivity contribution in [1.29, 1.82) is 0 Å². The van der Waals surface area contributed by atoms with Crippen molar-refractivity contribution >= 4 is 21.1 Å². The van der Waals surface area contributed by atoms with Crippen LogP contribution in [0.1, 0.15) is 19.3 Å². The number of benzene rings is 1. The maximum atomic E-state index is 12.8. The van der Waals surface area contributed by atoms with Gasteiger partial charge in [0.15, 0.2) is 11.4 Å². The third-order valence-electron chi connectivity index (χ3n) is 4.53. The smallest absolute Gasteiger partial charge is 0.408 e. The van der Waals surface area contributed by atoms with Gasteiger partial charge in [-0.05, 0) is 18.6 Å². The second-order valence-corrected chi connectivity index (χ2v) is 7.98. The normalized spacial score (nSPS) is 22.2. The maximum absolute atomic E-state index is 12.8. The number of rotatable bonds is 2. The molecule has 0 radical (unpaired) electrons. The monoisotopic (exact) mass is 354 g/mol. The highest BCUT2D eigenvalue weighted by Gasteiger charge is 2.41. The number of hydrogen-bond donors (Lipinski definition) is 1. The first-order valence-electron chi connectivity index (χ1n) is 7.90. The standard InChI is InChI=1S/C15H18N2O6S/c18-14-16-12-3-2-11(10-13(12)23-14)24(19,20)17-6-4-15(5-7-17)21-8-1-9-22-15/h2-3,10H,1,4-9H2,(H,16,18). The highest BCUT2D eigenvalue weighted by atomic mass is 32.2. The summed E-state index contributed by atoms with van der Waals surface area (Å²) in [6.45, 7) is 1.96. The van der Waals surface area contributed by atoms with Crippen molar-refractivity contribution < 1.29 is 22.3 Å². The van der Waals surface area contributed by atoms with E-state index in [0.717, 1.165) is 6.42 Å². The first-order chi connectivity index (χ1) is 11.5. The van der Waals surface area contributed by atoms with Crippen molar-refractivity contribution in [2.24, 2.45) is 0 Å². The molecule has 2 aliphatic rings. The van der Waals surface area contributed by atoms with Gasteiger partial charge in [0.25, 0.3) is 0 Å². The van der Waals surface area contributed by atoms with Crippen LogP contribution in [0.2, 0.25) is 0 Å². The summed E-state index contributed by atoms with van der Waals surface area (Å²) in [4.78, 5) is 13.8. The molecule has 2 aliphatic heterocycles. The number of ether oxygens (including phenoxy) is 2. The zero-order valence-corrected chi connectivity index (χ0v) is 13.8. The Morgan fingerprint density at radius 3 is 2.54 bits per heavy atom. The second kappa shape index (κ2) is 5.69. The molecule has 4 rings (SSSR count). The molecule has 1 N–H and O–H groups in total. The average Bonchev–Trinajstić information content (AvgIpc) is 2.95. The summed E-state index contributed by atoms with van der Waals surface area (Å²) in [5.74, 6) is -1.24. The Morgan fingerprint density at radius 2 is 1.83 bits per heavy atom. The molecule has 1 aromatic carbocycles. The number of nitrogens with one attached hydrogen (secondary N) is 1. The van der Waals surface area contributed by atoms with Crippen LogP contribution in [0.15, 0.2) is 32.3 Å². The number of hydrogen-bond acceptors (Lipinski definition) is 6. The second-order valence-electron chi connectivity index (χ2n) is 6.04. The lowest BCUT2D eigenvalue weighted by atomic mass is 10.0. The molecule has 130 valence electrons. The molecule has 0 atom stereocenters. The number of nitrogens with zero attached hydrogens (tertiary/aromatic N) is 1. The lowest BCUT2D eigenvalue weighted by molar-refractivity contribution is -0.280. The zero-order valence-electron chi connectivity index (χ0n) is 13.0. The van der Waals surface area contributed by atoms with Crippen LogP contribution >= 0.6 is 0 Å².